The Labute approximate surface area is 109 Å². The van der Waals surface area contributed by atoms with Crippen LogP contribution in [0.5, 0.6) is 0 Å². The van der Waals surface area contributed by atoms with Crippen LogP contribution in [0.15, 0.2) is 66.4 Å². The molecule has 0 saturated carbocycles. The zero-order chi connectivity index (χ0) is 12.6. The van der Waals surface area contributed by atoms with Crippen LogP contribution in [0.25, 0.3) is 6.08 Å². The van der Waals surface area contributed by atoms with Crippen LogP contribution in [0, 0.1) is 0 Å². The van der Waals surface area contributed by atoms with Crippen LogP contribution in [0.1, 0.15) is 25.3 Å². The van der Waals surface area contributed by atoms with E-state index in [4.69, 9.17) is 0 Å². The van der Waals surface area contributed by atoms with E-state index in [-0.39, 0.29) is 0 Å². The second kappa shape index (κ2) is 6.65. The third-order valence-corrected chi connectivity index (χ3v) is 2.74. The molecule has 2 aromatic rings. The maximum Gasteiger partial charge on any atom is 0.0381 e. The summed E-state index contributed by atoms with van der Waals surface area (Å²) >= 11 is 0. The molecule has 0 saturated heterocycles. The number of para-hydroxylation sites is 1. The average Bonchev–Trinajstić information content (AvgIpc) is 2.41. The van der Waals surface area contributed by atoms with Gasteiger partial charge in [-0.15, -0.1) is 0 Å². The van der Waals surface area contributed by atoms with Gasteiger partial charge in [-0.1, -0.05) is 61.9 Å². The maximum absolute atomic E-state index is 3.49. The fourth-order valence-electron chi connectivity index (χ4n) is 1.90. The summed E-state index contributed by atoms with van der Waals surface area (Å²) in [6.45, 7) is 2.20. The van der Waals surface area contributed by atoms with Gasteiger partial charge < -0.3 is 5.32 Å². The van der Waals surface area contributed by atoms with Gasteiger partial charge >= 0.3 is 0 Å². The van der Waals surface area contributed by atoms with Gasteiger partial charge in [-0.05, 0) is 30.2 Å². The van der Waals surface area contributed by atoms with Gasteiger partial charge in [0.15, 0.2) is 0 Å². The van der Waals surface area contributed by atoms with Crippen molar-refractivity contribution in [3.63, 3.8) is 0 Å². The summed E-state index contributed by atoms with van der Waals surface area (Å²) in [7, 11) is 0. The topological polar surface area (TPSA) is 12.0 Å². The summed E-state index contributed by atoms with van der Waals surface area (Å²) in [5.74, 6) is 0. The molecular weight excluding hydrogens is 218 g/mol. The van der Waals surface area contributed by atoms with Crippen molar-refractivity contribution in [3.8, 4) is 0 Å². The van der Waals surface area contributed by atoms with Crippen molar-refractivity contribution in [2.75, 3.05) is 5.32 Å². The highest BCUT2D eigenvalue weighted by atomic mass is 14.9. The van der Waals surface area contributed by atoms with Crippen molar-refractivity contribution in [2.45, 2.75) is 19.8 Å². The van der Waals surface area contributed by atoms with Gasteiger partial charge in [-0.2, -0.15) is 0 Å². The van der Waals surface area contributed by atoms with E-state index < -0.39 is 0 Å². The zero-order valence-corrected chi connectivity index (χ0v) is 10.8. The second-order valence-electron chi connectivity index (χ2n) is 4.32. The molecular formula is C17H19N. The molecule has 0 aliphatic carbocycles. The monoisotopic (exact) mass is 237 g/mol. The summed E-state index contributed by atoms with van der Waals surface area (Å²) < 4.78 is 0. The Morgan fingerprint density at radius 1 is 0.944 bits per heavy atom. The first-order chi connectivity index (χ1) is 8.88. The molecule has 18 heavy (non-hydrogen) atoms. The van der Waals surface area contributed by atoms with Crippen LogP contribution < -0.4 is 5.32 Å². The summed E-state index contributed by atoms with van der Waals surface area (Å²) in [4.78, 5) is 0. The van der Waals surface area contributed by atoms with Gasteiger partial charge in [-0.25, -0.2) is 0 Å². The molecule has 0 spiro atoms. The lowest BCUT2D eigenvalue weighted by molar-refractivity contribution is 0.915. The van der Waals surface area contributed by atoms with Gasteiger partial charge in [0.25, 0.3) is 0 Å². The lowest BCUT2D eigenvalue weighted by Crippen LogP contribution is -1.98. The third kappa shape index (κ3) is 3.77. The summed E-state index contributed by atoms with van der Waals surface area (Å²) in [5.41, 5.74) is 3.65. The maximum atomic E-state index is 3.49. The Morgan fingerprint density at radius 2 is 1.56 bits per heavy atom. The van der Waals surface area contributed by atoms with Gasteiger partial charge in [0.2, 0.25) is 0 Å². The second-order valence-corrected chi connectivity index (χ2v) is 4.32. The van der Waals surface area contributed by atoms with E-state index in [1.807, 2.05) is 12.1 Å². The molecule has 1 nitrogen and oxygen atoms in total. The Balaban J connectivity index is 2.16. The molecule has 1 N–H and O–H groups in total. The van der Waals surface area contributed by atoms with E-state index >= 15 is 0 Å². The van der Waals surface area contributed by atoms with Crippen molar-refractivity contribution in [3.05, 3.63) is 71.9 Å². The standard InChI is InChI=1S/C17H19N/c1-2-9-17(14-15-10-5-3-6-11-15)18-16-12-7-4-8-13-16/h3-8,10-14,18H,2,9H2,1H3. The Bertz CT molecular complexity index is 486. The summed E-state index contributed by atoms with van der Waals surface area (Å²) in [6.07, 6.45) is 4.42. The van der Waals surface area contributed by atoms with Crippen LogP contribution in [0.3, 0.4) is 0 Å². The molecule has 2 rings (SSSR count). The fourth-order valence-corrected chi connectivity index (χ4v) is 1.90. The first-order valence-corrected chi connectivity index (χ1v) is 6.46. The van der Waals surface area contributed by atoms with Crippen molar-refractivity contribution in [1.29, 1.82) is 0 Å². The Morgan fingerprint density at radius 3 is 2.17 bits per heavy atom. The average molecular weight is 237 g/mol. The number of hydrogen-bond donors (Lipinski definition) is 1. The molecule has 0 bridgehead atoms. The molecule has 0 amide bonds. The molecule has 1 heteroatoms. The van der Waals surface area contributed by atoms with Crippen LogP contribution in [-0.4, -0.2) is 0 Å². The Hall–Kier alpha value is -2.02. The normalized spacial score (nSPS) is 11.3. The van der Waals surface area contributed by atoms with E-state index in [1.54, 1.807) is 0 Å². The minimum Gasteiger partial charge on any atom is -0.359 e. The minimum atomic E-state index is 1.06. The number of anilines is 1. The molecule has 0 aliphatic rings. The van der Waals surface area contributed by atoms with E-state index in [9.17, 15) is 0 Å². The molecule has 0 fully saturated rings. The van der Waals surface area contributed by atoms with Gasteiger partial charge in [0.1, 0.15) is 0 Å². The van der Waals surface area contributed by atoms with E-state index in [2.05, 4.69) is 66.8 Å². The minimum absolute atomic E-state index is 1.06. The van der Waals surface area contributed by atoms with Gasteiger partial charge in [0.05, 0.1) is 0 Å². The number of nitrogens with one attached hydrogen (secondary N) is 1. The first-order valence-electron chi connectivity index (χ1n) is 6.46. The smallest absolute Gasteiger partial charge is 0.0381 e. The molecule has 2 aromatic carbocycles. The third-order valence-electron chi connectivity index (χ3n) is 2.74. The fraction of sp³-hybridized carbons (Fsp3) is 0.176. The predicted molar refractivity (Wildman–Crippen MR) is 79.4 cm³/mol. The van der Waals surface area contributed by atoms with Gasteiger partial charge in [-0.3, -0.25) is 0 Å². The molecule has 0 atom stereocenters. The van der Waals surface area contributed by atoms with Crippen LogP contribution >= 0.6 is 0 Å². The number of hydrogen-bond acceptors (Lipinski definition) is 1. The molecule has 0 heterocycles. The molecule has 0 aromatic heterocycles. The summed E-state index contributed by atoms with van der Waals surface area (Å²) in [5, 5.41) is 3.49. The van der Waals surface area contributed by atoms with Crippen LogP contribution in [0.4, 0.5) is 5.69 Å². The largest absolute Gasteiger partial charge is 0.359 e. The molecule has 92 valence electrons. The number of allylic oxidation sites excluding steroid dienone is 1. The van der Waals surface area contributed by atoms with Crippen LogP contribution in [-0.2, 0) is 0 Å². The first kappa shape index (κ1) is 12.4. The Kier molecular flexibility index (Phi) is 4.60. The highest BCUT2D eigenvalue weighted by Crippen LogP contribution is 2.15. The zero-order valence-electron chi connectivity index (χ0n) is 10.8. The highest BCUT2D eigenvalue weighted by Gasteiger charge is 1.97. The van der Waals surface area contributed by atoms with Crippen molar-refractivity contribution in [2.24, 2.45) is 0 Å². The van der Waals surface area contributed by atoms with Crippen molar-refractivity contribution >= 4 is 11.8 Å². The SMILES string of the molecule is CCCC(=Cc1ccccc1)Nc1ccccc1. The molecule has 0 aliphatic heterocycles. The quantitative estimate of drug-likeness (QED) is 0.776. The highest BCUT2D eigenvalue weighted by molar-refractivity contribution is 5.59. The van der Waals surface area contributed by atoms with E-state index in [0.717, 1.165) is 18.5 Å². The lowest BCUT2D eigenvalue weighted by Gasteiger charge is -2.10. The van der Waals surface area contributed by atoms with Crippen molar-refractivity contribution in [1.82, 2.24) is 0 Å². The van der Waals surface area contributed by atoms with Crippen molar-refractivity contribution < 1.29 is 0 Å². The lowest BCUT2D eigenvalue weighted by atomic mass is 10.1. The van der Waals surface area contributed by atoms with Gasteiger partial charge in [0, 0.05) is 11.4 Å². The van der Waals surface area contributed by atoms with E-state index in [0.29, 0.717) is 0 Å². The number of rotatable bonds is 5. The van der Waals surface area contributed by atoms with E-state index in [1.165, 1.54) is 11.3 Å². The molecule has 0 radical (unpaired) electrons. The molecule has 0 unspecified atom stereocenters. The number of benzene rings is 2. The predicted octanol–water partition coefficient (Wildman–Crippen LogP) is 4.94. The summed E-state index contributed by atoms with van der Waals surface area (Å²) in [6, 6.07) is 20.7. The van der Waals surface area contributed by atoms with Crippen LogP contribution in [0.2, 0.25) is 0 Å².